The molecule has 0 unspecified atom stereocenters. The Bertz CT molecular complexity index is 507. The molecule has 1 aromatic rings. The van der Waals surface area contributed by atoms with E-state index in [0.29, 0.717) is 5.92 Å². The van der Waals surface area contributed by atoms with Crippen molar-refractivity contribution in [3.8, 4) is 0 Å². The smallest absolute Gasteiger partial charge is 0.0162 e. The molecule has 1 rings (SSSR count). The lowest BCUT2D eigenvalue weighted by Gasteiger charge is -2.24. The largest absolute Gasteiger partial charge is 0.0993 e. The Hall–Kier alpha value is -1.30. The summed E-state index contributed by atoms with van der Waals surface area (Å²) in [5.74, 6) is 0.622. The van der Waals surface area contributed by atoms with E-state index in [9.17, 15) is 0 Å². The summed E-state index contributed by atoms with van der Waals surface area (Å²) < 4.78 is 0. The first-order valence-corrected chi connectivity index (χ1v) is 9.26. The Morgan fingerprint density at radius 2 is 1.57 bits per heavy atom. The van der Waals surface area contributed by atoms with Gasteiger partial charge in [0.1, 0.15) is 0 Å². The van der Waals surface area contributed by atoms with Gasteiger partial charge >= 0.3 is 0 Å². The van der Waals surface area contributed by atoms with Crippen LogP contribution in [0.1, 0.15) is 77.8 Å². The molecule has 23 heavy (non-hydrogen) atoms. The van der Waals surface area contributed by atoms with Crippen LogP contribution in [0.4, 0.5) is 0 Å². The van der Waals surface area contributed by atoms with Gasteiger partial charge in [-0.05, 0) is 53.7 Å². The highest BCUT2D eigenvalue weighted by molar-refractivity contribution is 5.68. The Balaban J connectivity index is 2.91. The zero-order chi connectivity index (χ0) is 17.5. The summed E-state index contributed by atoms with van der Waals surface area (Å²) >= 11 is 0. The summed E-state index contributed by atoms with van der Waals surface area (Å²) in [6, 6.07) is 8.83. The van der Waals surface area contributed by atoms with Gasteiger partial charge in [-0.15, -0.1) is 0 Å². The first kappa shape index (κ1) is 19.7. The SMILES string of the molecule is C=C(c1ccccc1CCC(=C)C(C)(C)C)C(CCC)CCC. The Labute approximate surface area is 144 Å². The minimum atomic E-state index is 0.193. The second kappa shape index (κ2) is 9.11. The van der Waals surface area contributed by atoms with E-state index in [1.54, 1.807) is 0 Å². The fourth-order valence-electron chi connectivity index (χ4n) is 3.12. The molecule has 0 aliphatic carbocycles. The second-order valence-corrected chi connectivity index (χ2v) is 7.81. The third-order valence-electron chi connectivity index (χ3n) is 4.89. The molecular weight excluding hydrogens is 276 g/mol. The summed E-state index contributed by atoms with van der Waals surface area (Å²) in [6.07, 6.45) is 7.07. The molecule has 0 aromatic heterocycles. The first-order chi connectivity index (χ1) is 10.8. The average Bonchev–Trinajstić information content (AvgIpc) is 2.51. The van der Waals surface area contributed by atoms with E-state index in [-0.39, 0.29) is 5.41 Å². The van der Waals surface area contributed by atoms with Gasteiger partial charge in [-0.3, -0.25) is 0 Å². The molecule has 1 aromatic carbocycles. The maximum absolute atomic E-state index is 4.48. The van der Waals surface area contributed by atoms with Crippen molar-refractivity contribution in [2.75, 3.05) is 0 Å². The van der Waals surface area contributed by atoms with Gasteiger partial charge in [-0.2, -0.15) is 0 Å². The zero-order valence-electron chi connectivity index (χ0n) is 16.0. The van der Waals surface area contributed by atoms with E-state index < -0.39 is 0 Å². The first-order valence-electron chi connectivity index (χ1n) is 9.26. The molecule has 0 N–H and O–H groups in total. The molecule has 0 spiro atoms. The molecular formula is C23H36. The van der Waals surface area contributed by atoms with Crippen LogP contribution >= 0.6 is 0 Å². The molecule has 0 aliphatic heterocycles. The lowest BCUT2D eigenvalue weighted by atomic mass is 9.81. The number of hydrogen-bond donors (Lipinski definition) is 0. The van der Waals surface area contributed by atoms with E-state index >= 15 is 0 Å². The van der Waals surface area contributed by atoms with E-state index in [0.717, 1.165) is 12.8 Å². The number of hydrogen-bond acceptors (Lipinski definition) is 0. The van der Waals surface area contributed by atoms with Crippen molar-refractivity contribution in [2.45, 2.75) is 73.1 Å². The molecule has 0 bridgehead atoms. The summed E-state index contributed by atoms with van der Waals surface area (Å²) in [5, 5.41) is 0. The molecule has 0 amide bonds. The van der Waals surface area contributed by atoms with E-state index in [2.05, 4.69) is 72.0 Å². The minimum absolute atomic E-state index is 0.193. The van der Waals surface area contributed by atoms with Gasteiger partial charge in [0, 0.05) is 0 Å². The van der Waals surface area contributed by atoms with Crippen LogP contribution in [0.5, 0.6) is 0 Å². The van der Waals surface area contributed by atoms with Crippen LogP contribution in [0.15, 0.2) is 43.0 Å². The van der Waals surface area contributed by atoms with E-state index in [1.165, 1.54) is 48.0 Å². The fraction of sp³-hybridized carbons (Fsp3) is 0.565. The molecule has 0 nitrogen and oxygen atoms in total. The molecule has 0 atom stereocenters. The van der Waals surface area contributed by atoms with Gasteiger partial charge in [0.15, 0.2) is 0 Å². The fourth-order valence-corrected chi connectivity index (χ4v) is 3.12. The van der Waals surface area contributed by atoms with Crippen molar-refractivity contribution in [1.82, 2.24) is 0 Å². The number of rotatable bonds is 9. The third kappa shape index (κ3) is 6.01. The maximum Gasteiger partial charge on any atom is -0.0162 e. The molecule has 0 fully saturated rings. The highest BCUT2D eigenvalue weighted by atomic mass is 14.2. The number of aryl methyl sites for hydroxylation is 1. The monoisotopic (exact) mass is 312 g/mol. The third-order valence-corrected chi connectivity index (χ3v) is 4.89. The van der Waals surface area contributed by atoms with Gasteiger partial charge in [-0.1, -0.05) is 90.5 Å². The summed E-state index contributed by atoms with van der Waals surface area (Å²) in [7, 11) is 0. The van der Waals surface area contributed by atoms with Crippen molar-refractivity contribution >= 4 is 5.57 Å². The van der Waals surface area contributed by atoms with Crippen molar-refractivity contribution in [1.29, 1.82) is 0 Å². The van der Waals surface area contributed by atoms with Crippen LogP contribution in [-0.4, -0.2) is 0 Å². The van der Waals surface area contributed by atoms with Crippen molar-refractivity contribution < 1.29 is 0 Å². The van der Waals surface area contributed by atoms with Gasteiger partial charge in [0.25, 0.3) is 0 Å². The summed E-state index contributed by atoms with van der Waals surface area (Å²) in [4.78, 5) is 0. The van der Waals surface area contributed by atoms with Crippen LogP contribution in [0, 0.1) is 11.3 Å². The van der Waals surface area contributed by atoms with E-state index in [4.69, 9.17) is 0 Å². The van der Waals surface area contributed by atoms with Gasteiger partial charge in [0.05, 0.1) is 0 Å². The zero-order valence-corrected chi connectivity index (χ0v) is 16.0. The highest BCUT2D eigenvalue weighted by Gasteiger charge is 2.17. The average molecular weight is 313 g/mol. The standard InChI is InChI=1S/C23H36/c1-8-12-20(13-9-2)19(4)22-15-11-10-14-21(22)17-16-18(3)23(5,6)7/h10-11,14-15,20H,3-4,8-9,12-13,16-17H2,1-2,5-7H3. The topological polar surface area (TPSA) is 0 Å². The minimum Gasteiger partial charge on any atom is -0.0993 e. The molecule has 0 heteroatoms. The Kier molecular flexibility index (Phi) is 7.82. The molecule has 0 saturated carbocycles. The van der Waals surface area contributed by atoms with Crippen LogP contribution < -0.4 is 0 Å². The highest BCUT2D eigenvalue weighted by Crippen LogP contribution is 2.33. The van der Waals surface area contributed by atoms with Gasteiger partial charge in [-0.25, -0.2) is 0 Å². The van der Waals surface area contributed by atoms with Crippen LogP contribution in [0.25, 0.3) is 5.57 Å². The van der Waals surface area contributed by atoms with Gasteiger partial charge in [0.2, 0.25) is 0 Å². The molecule has 0 radical (unpaired) electrons. The number of benzene rings is 1. The van der Waals surface area contributed by atoms with Crippen LogP contribution in [0.2, 0.25) is 0 Å². The van der Waals surface area contributed by atoms with Crippen LogP contribution in [-0.2, 0) is 6.42 Å². The van der Waals surface area contributed by atoms with Crippen molar-refractivity contribution in [3.05, 3.63) is 54.1 Å². The second-order valence-electron chi connectivity index (χ2n) is 7.81. The normalized spacial score (nSPS) is 11.7. The molecule has 128 valence electrons. The maximum atomic E-state index is 4.48. The number of allylic oxidation sites excluding steroid dienone is 2. The Morgan fingerprint density at radius 3 is 2.09 bits per heavy atom. The van der Waals surface area contributed by atoms with Crippen molar-refractivity contribution in [3.63, 3.8) is 0 Å². The predicted octanol–water partition coefficient (Wildman–Crippen LogP) is 7.45. The summed E-state index contributed by atoms with van der Waals surface area (Å²) in [5.41, 5.74) is 5.67. The van der Waals surface area contributed by atoms with Gasteiger partial charge < -0.3 is 0 Å². The van der Waals surface area contributed by atoms with E-state index in [1.807, 2.05) is 0 Å². The molecule has 0 aliphatic rings. The van der Waals surface area contributed by atoms with Crippen LogP contribution in [0.3, 0.4) is 0 Å². The molecule has 0 heterocycles. The van der Waals surface area contributed by atoms with Crippen molar-refractivity contribution in [2.24, 2.45) is 11.3 Å². The Morgan fingerprint density at radius 1 is 1.00 bits per heavy atom. The lowest BCUT2D eigenvalue weighted by molar-refractivity contribution is 0.484. The predicted molar refractivity (Wildman–Crippen MR) is 106 cm³/mol. The summed E-state index contributed by atoms with van der Waals surface area (Å²) in [6.45, 7) is 20.1. The quantitative estimate of drug-likeness (QED) is 0.415. The molecule has 0 saturated heterocycles. The lowest BCUT2D eigenvalue weighted by Crippen LogP contribution is -2.10.